The Morgan fingerprint density at radius 2 is 2.35 bits per heavy atom. The maximum Gasteiger partial charge on any atom is 0.252 e. The first-order chi connectivity index (χ1) is 8.16. The van der Waals surface area contributed by atoms with Crippen LogP contribution in [0, 0.1) is 6.92 Å². The van der Waals surface area contributed by atoms with Crippen molar-refractivity contribution in [1.29, 1.82) is 0 Å². The fourth-order valence-electron chi connectivity index (χ4n) is 1.34. The molecule has 0 fully saturated rings. The normalized spacial score (nSPS) is 10.2. The fourth-order valence-corrected chi connectivity index (χ4v) is 1.76. The van der Waals surface area contributed by atoms with Crippen LogP contribution in [0.2, 0.25) is 0 Å². The van der Waals surface area contributed by atoms with E-state index in [1.54, 1.807) is 0 Å². The van der Waals surface area contributed by atoms with E-state index in [0.717, 1.165) is 10.0 Å². The second-order valence-corrected chi connectivity index (χ2v) is 4.37. The van der Waals surface area contributed by atoms with Crippen molar-refractivity contribution in [3.63, 3.8) is 0 Å². The molecule has 0 radical (unpaired) electrons. The summed E-state index contributed by atoms with van der Waals surface area (Å²) in [6.45, 7) is 2.18. The lowest BCUT2D eigenvalue weighted by atomic mass is 10.1. The topological polar surface area (TPSA) is 68.0 Å². The Kier molecular flexibility index (Phi) is 3.53. The molecule has 1 aromatic heterocycles. The SMILES string of the molecule is Cc1ccc(Br)c(C(=O)NCc2ncon2)c1. The van der Waals surface area contributed by atoms with E-state index >= 15 is 0 Å². The lowest BCUT2D eigenvalue weighted by Crippen LogP contribution is -2.23. The molecule has 0 spiro atoms. The van der Waals surface area contributed by atoms with Crippen LogP contribution in [-0.2, 0) is 6.54 Å². The Hall–Kier alpha value is -1.69. The van der Waals surface area contributed by atoms with Crippen molar-refractivity contribution in [2.45, 2.75) is 13.5 Å². The maximum absolute atomic E-state index is 11.9. The highest BCUT2D eigenvalue weighted by molar-refractivity contribution is 9.10. The zero-order valence-electron chi connectivity index (χ0n) is 9.11. The number of rotatable bonds is 3. The molecule has 6 heteroatoms. The molecule has 1 aromatic carbocycles. The molecule has 0 unspecified atom stereocenters. The second kappa shape index (κ2) is 5.09. The molecule has 1 heterocycles. The van der Waals surface area contributed by atoms with Gasteiger partial charge in [0.15, 0.2) is 5.82 Å². The summed E-state index contributed by atoms with van der Waals surface area (Å²) in [6.07, 6.45) is 1.23. The molecule has 1 N–H and O–H groups in total. The number of nitrogens with one attached hydrogen (secondary N) is 1. The van der Waals surface area contributed by atoms with Crippen LogP contribution in [0.25, 0.3) is 0 Å². The molecule has 0 aliphatic rings. The Labute approximate surface area is 106 Å². The number of halogens is 1. The predicted molar refractivity (Wildman–Crippen MR) is 64.3 cm³/mol. The van der Waals surface area contributed by atoms with Crippen LogP contribution < -0.4 is 5.32 Å². The van der Waals surface area contributed by atoms with Crippen molar-refractivity contribution in [3.05, 3.63) is 46.0 Å². The number of nitrogens with zero attached hydrogens (tertiary/aromatic N) is 2. The lowest BCUT2D eigenvalue weighted by Gasteiger charge is -2.05. The van der Waals surface area contributed by atoms with E-state index in [0.29, 0.717) is 11.4 Å². The smallest absolute Gasteiger partial charge is 0.252 e. The molecule has 0 bridgehead atoms. The van der Waals surface area contributed by atoms with Crippen molar-refractivity contribution >= 4 is 21.8 Å². The number of amides is 1. The Morgan fingerprint density at radius 1 is 1.53 bits per heavy atom. The number of hydrogen-bond acceptors (Lipinski definition) is 4. The Bertz CT molecular complexity index is 526. The summed E-state index contributed by atoms with van der Waals surface area (Å²) in [4.78, 5) is 15.7. The van der Waals surface area contributed by atoms with E-state index in [2.05, 4.69) is 35.9 Å². The first-order valence-corrected chi connectivity index (χ1v) is 5.75. The van der Waals surface area contributed by atoms with Gasteiger partial charge in [0.1, 0.15) is 0 Å². The van der Waals surface area contributed by atoms with Crippen LogP contribution >= 0.6 is 15.9 Å². The molecule has 2 rings (SSSR count). The van der Waals surface area contributed by atoms with Crippen molar-refractivity contribution in [1.82, 2.24) is 15.5 Å². The zero-order chi connectivity index (χ0) is 12.3. The average Bonchev–Trinajstić information content (AvgIpc) is 2.82. The standard InChI is InChI=1S/C11H10BrN3O2/c1-7-2-3-9(12)8(4-7)11(16)13-5-10-14-6-17-15-10/h2-4,6H,5H2,1H3,(H,13,16). The van der Waals surface area contributed by atoms with Crippen molar-refractivity contribution in [3.8, 4) is 0 Å². The summed E-state index contributed by atoms with van der Waals surface area (Å²) in [7, 11) is 0. The van der Waals surface area contributed by atoms with Gasteiger partial charge in [0, 0.05) is 4.47 Å². The minimum atomic E-state index is -0.176. The third-order valence-electron chi connectivity index (χ3n) is 2.18. The maximum atomic E-state index is 11.9. The number of carbonyl (C=O) groups excluding carboxylic acids is 1. The molecule has 17 heavy (non-hydrogen) atoms. The average molecular weight is 296 g/mol. The highest BCUT2D eigenvalue weighted by Crippen LogP contribution is 2.17. The molecule has 0 saturated carbocycles. The van der Waals surface area contributed by atoms with Gasteiger partial charge < -0.3 is 9.84 Å². The molecular formula is C11H10BrN3O2. The summed E-state index contributed by atoms with van der Waals surface area (Å²) in [5, 5.41) is 6.32. The number of hydrogen-bond donors (Lipinski definition) is 1. The fraction of sp³-hybridized carbons (Fsp3) is 0.182. The largest absolute Gasteiger partial charge is 0.345 e. The van der Waals surface area contributed by atoms with Crippen LogP contribution in [0.15, 0.2) is 33.6 Å². The van der Waals surface area contributed by atoms with Crippen LogP contribution in [0.5, 0.6) is 0 Å². The van der Waals surface area contributed by atoms with Gasteiger partial charge in [-0.25, -0.2) is 0 Å². The van der Waals surface area contributed by atoms with E-state index in [-0.39, 0.29) is 12.5 Å². The minimum absolute atomic E-state index is 0.176. The molecule has 0 atom stereocenters. The molecule has 0 saturated heterocycles. The third kappa shape index (κ3) is 2.91. The summed E-state index contributed by atoms with van der Waals surface area (Å²) < 4.78 is 5.33. The zero-order valence-corrected chi connectivity index (χ0v) is 10.7. The molecule has 0 aliphatic heterocycles. The highest BCUT2D eigenvalue weighted by Gasteiger charge is 2.10. The van der Waals surface area contributed by atoms with E-state index in [1.165, 1.54) is 6.39 Å². The monoisotopic (exact) mass is 295 g/mol. The quantitative estimate of drug-likeness (QED) is 0.941. The highest BCUT2D eigenvalue weighted by atomic mass is 79.9. The van der Waals surface area contributed by atoms with E-state index in [1.807, 2.05) is 25.1 Å². The van der Waals surface area contributed by atoms with E-state index in [4.69, 9.17) is 0 Å². The molecular weight excluding hydrogens is 286 g/mol. The van der Waals surface area contributed by atoms with Crippen molar-refractivity contribution in [2.75, 3.05) is 0 Å². The number of benzene rings is 1. The summed E-state index contributed by atoms with van der Waals surface area (Å²) >= 11 is 3.34. The van der Waals surface area contributed by atoms with Gasteiger partial charge >= 0.3 is 0 Å². The Balaban J connectivity index is 2.07. The first-order valence-electron chi connectivity index (χ1n) is 4.96. The van der Waals surface area contributed by atoms with Gasteiger partial charge in [-0.1, -0.05) is 16.8 Å². The van der Waals surface area contributed by atoms with Gasteiger partial charge in [0.25, 0.3) is 5.91 Å². The van der Waals surface area contributed by atoms with Crippen LogP contribution in [0.3, 0.4) is 0 Å². The molecule has 0 aliphatic carbocycles. The number of aryl methyl sites for hydroxylation is 1. The van der Waals surface area contributed by atoms with E-state index < -0.39 is 0 Å². The number of aromatic nitrogens is 2. The van der Waals surface area contributed by atoms with Crippen molar-refractivity contribution in [2.24, 2.45) is 0 Å². The predicted octanol–water partition coefficient (Wildman–Crippen LogP) is 2.07. The van der Waals surface area contributed by atoms with Gasteiger partial charge in [-0.15, -0.1) is 0 Å². The van der Waals surface area contributed by atoms with Gasteiger partial charge in [-0.3, -0.25) is 4.79 Å². The molecule has 1 amide bonds. The summed E-state index contributed by atoms with van der Waals surface area (Å²) in [6, 6.07) is 5.59. The van der Waals surface area contributed by atoms with Crippen molar-refractivity contribution < 1.29 is 9.32 Å². The molecule has 2 aromatic rings. The first kappa shape index (κ1) is 11.8. The summed E-state index contributed by atoms with van der Waals surface area (Å²) in [5.74, 6) is 0.271. The van der Waals surface area contributed by atoms with Gasteiger partial charge in [-0.05, 0) is 35.0 Å². The summed E-state index contributed by atoms with van der Waals surface area (Å²) in [5.41, 5.74) is 1.62. The number of carbonyl (C=O) groups is 1. The van der Waals surface area contributed by atoms with Gasteiger partial charge in [0.2, 0.25) is 6.39 Å². The Morgan fingerprint density at radius 3 is 3.06 bits per heavy atom. The minimum Gasteiger partial charge on any atom is -0.345 e. The molecule has 88 valence electrons. The van der Waals surface area contributed by atoms with Gasteiger partial charge in [0.05, 0.1) is 12.1 Å². The second-order valence-electron chi connectivity index (χ2n) is 3.51. The van der Waals surface area contributed by atoms with Gasteiger partial charge in [-0.2, -0.15) is 4.98 Å². The van der Waals surface area contributed by atoms with Crippen LogP contribution in [0.1, 0.15) is 21.7 Å². The molecule has 5 nitrogen and oxygen atoms in total. The lowest BCUT2D eigenvalue weighted by molar-refractivity contribution is 0.0949. The van der Waals surface area contributed by atoms with Crippen LogP contribution in [0.4, 0.5) is 0 Å². The van der Waals surface area contributed by atoms with E-state index in [9.17, 15) is 4.79 Å². The third-order valence-corrected chi connectivity index (χ3v) is 2.87. The van der Waals surface area contributed by atoms with Crippen LogP contribution in [-0.4, -0.2) is 16.0 Å².